The maximum Gasteiger partial charge on any atom is 0.00313 e. The molecule has 82 valence electrons. The molecule has 0 aromatic carbocycles. The molecule has 0 aliphatic carbocycles. The Hall–Kier alpha value is 0.920. The van der Waals surface area contributed by atoms with Crippen molar-refractivity contribution >= 4 is 32.9 Å². The summed E-state index contributed by atoms with van der Waals surface area (Å²) < 4.78 is 0. The molecule has 0 aliphatic rings. The molecular formula is C10H23Br2N. The lowest BCUT2D eigenvalue weighted by Crippen LogP contribution is -2.23. The van der Waals surface area contributed by atoms with E-state index in [0.29, 0.717) is 0 Å². The summed E-state index contributed by atoms with van der Waals surface area (Å²) in [6, 6.07) is 0. The highest BCUT2D eigenvalue weighted by Crippen LogP contribution is 2.03. The van der Waals surface area contributed by atoms with Gasteiger partial charge in [-0.15, -0.1) is 17.0 Å². The Bertz CT molecular complexity index is 85.0. The molecule has 0 unspecified atom stereocenters. The topological polar surface area (TPSA) is 3.24 Å². The minimum absolute atomic E-state index is 0. The van der Waals surface area contributed by atoms with Gasteiger partial charge >= 0.3 is 0 Å². The number of halogens is 2. The van der Waals surface area contributed by atoms with E-state index in [1.54, 1.807) is 0 Å². The highest BCUT2D eigenvalue weighted by molar-refractivity contribution is 9.09. The molecule has 0 spiro atoms. The molecule has 0 bridgehead atoms. The summed E-state index contributed by atoms with van der Waals surface area (Å²) in [5, 5.41) is 1.16. The van der Waals surface area contributed by atoms with E-state index < -0.39 is 0 Å². The van der Waals surface area contributed by atoms with E-state index in [1.165, 1.54) is 45.3 Å². The van der Waals surface area contributed by atoms with Gasteiger partial charge in [-0.05, 0) is 32.5 Å². The first-order chi connectivity index (χ1) is 5.85. The molecule has 0 amide bonds. The van der Waals surface area contributed by atoms with Crippen LogP contribution in [0, 0.1) is 0 Å². The van der Waals surface area contributed by atoms with Gasteiger partial charge in [0.1, 0.15) is 0 Å². The Kier molecular flexibility index (Phi) is 16.3. The number of alkyl halides is 1. The van der Waals surface area contributed by atoms with E-state index in [4.69, 9.17) is 0 Å². The third-order valence-corrected chi connectivity index (χ3v) is 2.81. The SMILES string of the molecule is Br.CCN(CC)CCCCCCBr. The number of unbranched alkanes of at least 4 members (excludes halogenated alkanes) is 3. The molecule has 0 radical (unpaired) electrons. The lowest BCUT2D eigenvalue weighted by atomic mass is 10.2. The van der Waals surface area contributed by atoms with Gasteiger partial charge in [-0.3, -0.25) is 0 Å². The smallest absolute Gasteiger partial charge is 0.00313 e. The Balaban J connectivity index is 0. The van der Waals surface area contributed by atoms with Gasteiger partial charge in [0.25, 0.3) is 0 Å². The van der Waals surface area contributed by atoms with E-state index in [0.717, 1.165) is 5.33 Å². The average molecular weight is 317 g/mol. The summed E-state index contributed by atoms with van der Waals surface area (Å²) in [5.74, 6) is 0. The van der Waals surface area contributed by atoms with Crippen molar-refractivity contribution in [1.82, 2.24) is 4.90 Å². The first-order valence-electron chi connectivity index (χ1n) is 5.13. The summed E-state index contributed by atoms with van der Waals surface area (Å²) in [6.45, 7) is 8.17. The predicted molar refractivity (Wildman–Crippen MR) is 70.4 cm³/mol. The molecule has 1 nitrogen and oxygen atoms in total. The Morgan fingerprint density at radius 2 is 1.46 bits per heavy atom. The third kappa shape index (κ3) is 10.8. The van der Waals surface area contributed by atoms with Crippen molar-refractivity contribution in [3.63, 3.8) is 0 Å². The number of rotatable bonds is 8. The van der Waals surface area contributed by atoms with Crippen molar-refractivity contribution in [1.29, 1.82) is 0 Å². The largest absolute Gasteiger partial charge is 0.304 e. The minimum Gasteiger partial charge on any atom is -0.304 e. The number of hydrogen-bond acceptors (Lipinski definition) is 1. The highest BCUT2D eigenvalue weighted by atomic mass is 79.9. The first-order valence-corrected chi connectivity index (χ1v) is 6.25. The second kappa shape index (κ2) is 12.9. The van der Waals surface area contributed by atoms with E-state index >= 15 is 0 Å². The lowest BCUT2D eigenvalue weighted by molar-refractivity contribution is 0.296. The maximum absolute atomic E-state index is 3.45. The zero-order chi connectivity index (χ0) is 9.23. The third-order valence-electron chi connectivity index (χ3n) is 2.25. The van der Waals surface area contributed by atoms with Crippen molar-refractivity contribution in [3.8, 4) is 0 Å². The van der Waals surface area contributed by atoms with Crippen molar-refractivity contribution in [3.05, 3.63) is 0 Å². The summed E-state index contributed by atoms with van der Waals surface area (Å²) in [5.41, 5.74) is 0. The summed E-state index contributed by atoms with van der Waals surface area (Å²) in [4.78, 5) is 2.49. The molecule has 0 saturated carbocycles. The Morgan fingerprint density at radius 1 is 0.923 bits per heavy atom. The quantitative estimate of drug-likeness (QED) is 0.485. The van der Waals surface area contributed by atoms with Crippen LogP contribution >= 0.6 is 32.9 Å². The fourth-order valence-electron chi connectivity index (χ4n) is 1.32. The normalized spacial score (nSPS) is 10.2. The predicted octanol–water partition coefficient (Wildman–Crippen LogP) is 3.86. The second-order valence-corrected chi connectivity index (χ2v) is 3.92. The molecule has 0 atom stereocenters. The fraction of sp³-hybridized carbons (Fsp3) is 1.00. The monoisotopic (exact) mass is 315 g/mol. The highest BCUT2D eigenvalue weighted by Gasteiger charge is 1.97. The molecule has 0 saturated heterocycles. The average Bonchev–Trinajstić information content (AvgIpc) is 2.11. The van der Waals surface area contributed by atoms with Crippen molar-refractivity contribution < 1.29 is 0 Å². The molecule has 0 aromatic heterocycles. The van der Waals surface area contributed by atoms with Gasteiger partial charge in [-0.1, -0.05) is 42.6 Å². The van der Waals surface area contributed by atoms with Crippen LogP contribution in [0.5, 0.6) is 0 Å². The molecule has 0 N–H and O–H groups in total. The van der Waals surface area contributed by atoms with Crippen LogP contribution in [-0.2, 0) is 0 Å². The van der Waals surface area contributed by atoms with E-state index in [2.05, 4.69) is 34.7 Å². The van der Waals surface area contributed by atoms with Gasteiger partial charge in [0.15, 0.2) is 0 Å². The van der Waals surface area contributed by atoms with Crippen LogP contribution in [0.3, 0.4) is 0 Å². The van der Waals surface area contributed by atoms with Gasteiger partial charge in [-0.2, -0.15) is 0 Å². The summed E-state index contributed by atoms with van der Waals surface area (Å²) in [7, 11) is 0. The number of nitrogens with zero attached hydrogens (tertiary/aromatic N) is 1. The Labute approximate surface area is 102 Å². The molecule has 13 heavy (non-hydrogen) atoms. The van der Waals surface area contributed by atoms with E-state index in [-0.39, 0.29) is 17.0 Å². The van der Waals surface area contributed by atoms with E-state index in [9.17, 15) is 0 Å². The fourth-order valence-corrected chi connectivity index (χ4v) is 1.72. The molecular weight excluding hydrogens is 294 g/mol. The van der Waals surface area contributed by atoms with Crippen LogP contribution in [0.25, 0.3) is 0 Å². The standard InChI is InChI=1S/C10H22BrN.BrH/c1-3-12(4-2)10-8-6-5-7-9-11;/h3-10H2,1-2H3;1H. The van der Waals surface area contributed by atoms with Gasteiger partial charge in [0.05, 0.1) is 0 Å². The van der Waals surface area contributed by atoms with Gasteiger partial charge in [0, 0.05) is 5.33 Å². The van der Waals surface area contributed by atoms with Crippen molar-refractivity contribution in [2.24, 2.45) is 0 Å². The van der Waals surface area contributed by atoms with Crippen LogP contribution in [-0.4, -0.2) is 29.9 Å². The summed E-state index contributed by atoms with van der Waals surface area (Å²) in [6.07, 6.45) is 5.47. The molecule has 0 rings (SSSR count). The Morgan fingerprint density at radius 3 is 1.92 bits per heavy atom. The molecule has 3 heteroatoms. The van der Waals surface area contributed by atoms with Gasteiger partial charge in [0.2, 0.25) is 0 Å². The van der Waals surface area contributed by atoms with Crippen LogP contribution in [0.2, 0.25) is 0 Å². The van der Waals surface area contributed by atoms with E-state index in [1.807, 2.05) is 0 Å². The molecule has 0 heterocycles. The molecule has 0 fully saturated rings. The van der Waals surface area contributed by atoms with Crippen LogP contribution < -0.4 is 0 Å². The molecule has 0 aromatic rings. The maximum atomic E-state index is 3.45. The second-order valence-electron chi connectivity index (χ2n) is 3.13. The molecule has 0 aliphatic heterocycles. The summed E-state index contributed by atoms with van der Waals surface area (Å²) >= 11 is 3.45. The zero-order valence-corrected chi connectivity index (χ0v) is 12.2. The van der Waals surface area contributed by atoms with Crippen molar-refractivity contribution in [2.75, 3.05) is 25.0 Å². The van der Waals surface area contributed by atoms with Crippen LogP contribution in [0.1, 0.15) is 39.5 Å². The van der Waals surface area contributed by atoms with Gasteiger partial charge in [-0.25, -0.2) is 0 Å². The number of hydrogen-bond donors (Lipinski definition) is 0. The first kappa shape index (κ1) is 16.4. The zero-order valence-electron chi connectivity index (χ0n) is 8.89. The van der Waals surface area contributed by atoms with Crippen LogP contribution in [0.4, 0.5) is 0 Å². The lowest BCUT2D eigenvalue weighted by Gasteiger charge is -2.17. The van der Waals surface area contributed by atoms with Crippen molar-refractivity contribution in [2.45, 2.75) is 39.5 Å². The van der Waals surface area contributed by atoms with Crippen LogP contribution in [0.15, 0.2) is 0 Å². The van der Waals surface area contributed by atoms with Gasteiger partial charge < -0.3 is 4.90 Å². The minimum atomic E-state index is 0.